The molecule has 1 heterocycles. The molecule has 0 aromatic rings. The number of β-amino-alcohol motifs (C(OH)–C–C–N with tert-alkyl or cyclic N) is 1. The van der Waals surface area contributed by atoms with Crippen molar-refractivity contribution in [3.8, 4) is 0 Å². The summed E-state index contributed by atoms with van der Waals surface area (Å²) in [5, 5.41) is 11.9. The minimum absolute atomic E-state index is 0.108. The van der Waals surface area contributed by atoms with Gasteiger partial charge in [-0.25, -0.2) is 0 Å². The van der Waals surface area contributed by atoms with Crippen molar-refractivity contribution in [2.24, 2.45) is 5.73 Å². The summed E-state index contributed by atoms with van der Waals surface area (Å²) in [6.45, 7) is 4.08. The lowest BCUT2D eigenvalue weighted by molar-refractivity contribution is 0.0833. The average Bonchev–Trinajstić information content (AvgIpc) is 2.45. The van der Waals surface area contributed by atoms with Crippen LogP contribution in [0, 0.1) is 0 Å². The second kappa shape index (κ2) is 4.18. The van der Waals surface area contributed by atoms with Gasteiger partial charge in [-0.3, -0.25) is 0 Å². The second-order valence-corrected chi connectivity index (χ2v) is 3.27. The summed E-state index contributed by atoms with van der Waals surface area (Å²) in [4.78, 5) is 0. The Balaban J connectivity index is 2.49. The predicted molar refractivity (Wildman–Crippen MR) is 46.9 cm³/mol. The third-order valence-electron chi connectivity index (χ3n) is 2.65. The predicted octanol–water partition coefficient (Wildman–Crippen LogP) is -0.925. The van der Waals surface area contributed by atoms with Crippen LogP contribution >= 0.6 is 0 Å². The van der Waals surface area contributed by atoms with Gasteiger partial charge in [-0.05, 0) is 13.3 Å². The van der Waals surface area contributed by atoms with Crippen molar-refractivity contribution >= 4 is 0 Å². The average molecular weight is 174 g/mol. The number of nitrogens with one attached hydrogen (secondary N) is 1. The van der Waals surface area contributed by atoms with Crippen molar-refractivity contribution in [2.75, 3.05) is 26.3 Å². The number of nitrogens with two attached hydrogens (primary N) is 1. The molecule has 4 N–H and O–H groups in total. The minimum atomic E-state index is -0.108. The molecular weight excluding hydrogens is 156 g/mol. The van der Waals surface area contributed by atoms with Crippen molar-refractivity contribution in [1.29, 1.82) is 0 Å². The molecule has 1 fully saturated rings. The maximum absolute atomic E-state index is 8.68. The van der Waals surface area contributed by atoms with E-state index in [1.807, 2.05) is 6.92 Å². The fourth-order valence-electron chi connectivity index (χ4n) is 1.66. The highest BCUT2D eigenvalue weighted by Crippen LogP contribution is 2.24. The van der Waals surface area contributed by atoms with E-state index in [1.54, 1.807) is 0 Å². The first-order chi connectivity index (χ1) is 5.75. The van der Waals surface area contributed by atoms with E-state index in [0.29, 0.717) is 13.1 Å². The van der Waals surface area contributed by atoms with Gasteiger partial charge in [0.1, 0.15) is 0 Å². The third-order valence-corrected chi connectivity index (χ3v) is 2.65. The highest BCUT2D eigenvalue weighted by atomic mass is 16.5. The van der Waals surface area contributed by atoms with Crippen LogP contribution in [0.3, 0.4) is 0 Å². The van der Waals surface area contributed by atoms with Gasteiger partial charge in [-0.15, -0.1) is 0 Å². The second-order valence-electron chi connectivity index (χ2n) is 3.27. The number of aliphatic hydroxyl groups is 1. The quantitative estimate of drug-likeness (QED) is 0.515. The number of ether oxygens (including phenoxy) is 1. The van der Waals surface area contributed by atoms with E-state index in [0.717, 1.165) is 13.0 Å². The van der Waals surface area contributed by atoms with Crippen molar-refractivity contribution in [3.63, 3.8) is 0 Å². The molecule has 1 rings (SSSR count). The Morgan fingerprint density at radius 1 is 1.75 bits per heavy atom. The highest BCUT2D eigenvalue weighted by molar-refractivity contribution is 4.98. The molecule has 2 atom stereocenters. The zero-order chi connectivity index (χ0) is 9.03. The first kappa shape index (κ1) is 9.92. The highest BCUT2D eigenvalue weighted by Gasteiger charge is 2.39. The SMILES string of the molecule is CC1OCCC1(CN)NCCO. The zero-order valence-electron chi connectivity index (χ0n) is 7.55. The van der Waals surface area contributed by atoms with Crippen molar-refractivity contribution in [3.05, 3.63) is 0 Å². The Morgan fingerprint density at radius 2 is 2.50 bits per heavy atom. The van der Waals surface area contributed by atoms with Crippen LogP contribution < -0.4 is 11.1 Å². The van der Waals surface area contributed by atoms with Gasteiger partial charge in [-0.2, -0.15) is 0 Å². The van der Waals surface area contributed by atoms with Crippen molar-refractivity contribution in [2.45, 2.75) is 25.0 Å². The van der Waals surface area contributed by atoms with E-state index in [1.165, 1.54) is 0 Å². The molecule has 72 valence electrons. The Kier molecular flexibility index (Phi) is 3.46. The maximum atomic E-state index is 8.68. The number of rotatable bonds is 4. The molecule has 0 aromatic heterocycles. The molecule has 1 aliphatic rings. The van der Waals surface area contributed by atoms with Crippen LogP contribution in [0.4, 0.5) is 0 Å². The molecule has 0 aromatic carbocycles. The molecule has 1 saturated heterocycles. The first-order valence-corrected chi connectivity index (χ1v) is 4.43. The topological polar surface area (TPSA) is 67.5 Å². The van der Waals surface area contributed by atoms with Gasteiger partial charge in [0.2, 0.25) is 0 Å². The number of hydrogen-bond donors (Lipinski definition) is 3. The van der Waals surface area contributed by atoms with Gasteiger partial charge in [0.15, 0.2) is 0 Å². The van der Waals surface area contributed by atoms with Crippen LogP contribution in [-0.2, 0) is 4.74 Å². The van der Waals surface area contributed by atoms with Crippen LogP contribution in [0.1, 0.15) is 13.3 Å². The molecule has 0 saturated carbocycles. The van der Waals surface area contributed by atoms with Gasteiger partial charge < -0.3 is 20.9 Å². The maximum Gasteiger partial charge on any atom is 0.0741 e. The summed E-state index contributed by atoms with van der Waals surface area (Å²) in [5.74, 6) is 0. The normalized spacial score (nSPS) is 35.8. The van der Waals surface area contributed by atoms with E-state index in [4.69, 9.17) is 15.6 Å². The van der Waals surface area contributed by atoms with E-state index in [-0.39, 0.29) is 18.2 Å². The van der Waals surface area contributed by atoms with E-state index < -0.39 is 0 Å². The molecular formula is C8H18N2O2. The molecule has 0 aliphatic carbocycles. The molecule has 12 heavy (non-hydrogen) atoms. The van der Waals surface area contributed by atoms with Crippen LogP contribution in [0.15, 0.2) is 0 Å². The Labute approximate surface area is 73.1 Å². The summed E-state index contributed by atoms with van der Waals surface area (Å²) in [6, 6.07) is 0. The number of hydrogen-bond acceptors (Lipinski definition) is 4. The van der Waals surface area contributed by atoms with Gasteiger partial charge >= 0.3 is 0 Å². The Hall–Kier alpha value is -0.160. The minimum Gasteiger partial charge on any atom is -0.395 e. The lowest BCUT2D eigenvalue weighted by Crippen LogP contribution is -2.56. The fourth-order valence-corrected chi connectivity index (χ4v) is 1.66. The molecule has 1 aliphatic heterocycles. The Bertz CT molecular complexity index is 143. The van der Waals surface area contributed by atoms with Gasteiger partial charge in [0, 0.05) is 19.7 Å². The lowest BCUT2D eigenvalue weighted by Gasteiger charge is -2.31. The monoisotopic (exact) mass is 174 g/mol. The zero-order valence-corrected chi connectivity index (χ0v) is 7.55. The Morgan fingerprint density at radius 3 is 2.92 bits per heavy atom. The van der Waals surface area contributed by atoms with Crippen LogP contribution in [0.25, 0.3) is 0 Å². The van der Waals surface area contributed by atoms with Crippen LogP contribution in [-0.4, -0.2) is 43.1 Å². The van der Waals surface area contributed by atoms with E-state index >= 15 is 0 Å². The van der Waals surface area contributed by atoms with Crippen molar-refractivity contribution in [1.82, 2.24) is 5.32 Å². The summed E-state index contributed by atoms with van der Waals surface area (Å²) in [5.41, 5.74) is 5.57. The summed E-state index contributed by atoms with van der Waals surface area (Å²) >= 11 is 0. The van der Waals surface area contributed by atoms with E-state index in [2.05, 4.69) is 5.32 Å². The largest absolute Gasteiger partial charge is 0.395 e. The van der Waals surface area contributed by atoms with Crippen molar-refractivity contribution < 1.29 is 9.84 Å². The molecule has 0 spiro atoms. The summed E-state index contributed by atoms with van der Waals surface area (Å²) in [7, 11) is 0. The molecule has 0 amide bonds. The fraction of sp³-hybridized carbons (Fsp3) is 1.00. The van der Waals surface area contributed by atoms with Gasteiger partial charge in [-0.1, -0.05) is 0 Å². The molecule has 2 unspecified atom stereocenters. The van der Waals surface area contributed by atoms with Gasteiger partial charge in [0.25, 0.3) is 0 Å². The van der Waals surface area contributed by atoms with Gasteiger partial charge in [0.05, 0.1) is 18.2 Å². The third kappa shape index (κ3) is 1.77. The molecule has 4 nitrogen and oxygen atoms in total. The smallest absolute Gasteiger partial charge is 0.0741 e. The number of aliphatic hydroxyl groups excluding tert-OH is 1. The molecule has 0 radical (unpaired) electrons. The summed E-state index contributed by atoms with van der Waals surface area (Å²) in [6.07, 6.45) is 1.08. The lowest BCUT2D eigenvalue weighted by atomic mass is 9.92. The van der Waals surface area contributed by atoms with E-state index in [9.17, 15) is 0 Å². The molecule has 4 heteroatoms. The molecule has 0 bridgehead atoms. The first-order valence-electron chi connectivity index (χ1n) is 4.43. The van der Waals surface area contributed by atoms with Crippen LogP contribution in [0.5, 0.6) is 0 Å². The summed E-state index contributed by atoms with van der Waals surface area (Å²) < 4.78 is 5.43. The standard InChI is InChI=1S/C8H18N2O2/c1-7-8(6-9,2-5-12-7)10-3-4-11/h7,10-11H,2-6,9H2,1H3. The van der Waals surface area contributed by atoms with Crippen LogP contribution in [0.2, 0.25) is 0 Å².